The molecule has 2 aliphatic heterocycles. The van der Waals surface area contributed by atoms with Crippen LogP contribution in [0.25, 0.3) is 0 Å². The van der Waals surface area contributed by atoms with Crippen LogP contribution < -0.4 is 4.74 Å². The van der Waals surface area contributed by atoms with Crippen molar-refractivity contribution in [2.75, 3.05) is 0 Å². The quantitative estimate of drug-likeness (QED) is 0.468. The van der Waals surface area contributed by atoms with Crippen molar-refractivity contribution in [3.8, 4) is 5.75 Å². The molecule has 3 aromatic carbocycles. The van der Waals surface area contributed by atoms with Gasteiger partial charge in [-0.1, -0.05) is 42.5 Å². The van der Waals surface area contributed by atoms with E-state index in [0.29, 0.717) is 12.0 Å². The zero-order valence-corrected chi connectivity index (χ0v) is 15.2. The molecule has 0 fully saturated rings. The summed E-state index contributed by atoms with van der Waals surface area (Å²) in [5.74, 6) is 0.439. The number of benzene rings is 3. The summed E-state index contributed by atoms with van der Waals surface area (Å²) in [6.07, 6.45) is 0.0463. The molecule has 0 bridgehead atoms. The second-order valence-electron chi connectivity index (χ2n) is 7.01. The Morgan fingerprint density at radius 1 is 1.07 bits per heavy atom. The monoisotopic (exact) mass is 389 g/mol. The Kier molecular flexibility index (Phi) is 4.01. The van der Waals surface area contributed by atoms with E-state index in [9.17, 15) is 14.5 Å². The molecule has 0 amide bonds. The summed E-state index contributed by atoms with van der Waals surface area (Å²) in [7, 11) is 0. The first-order valence-electron chi connectivity index (χ1n) is 9.22. The average molecular weight is 389 g/mol. The number of non-ortho nitro benzene ring substituents is 1. The minimum absolute atomic E-state index is 0.00319. The maximum Gasteiger partial charge on any atom is 0.269 e. The summed E-state index contributed by atoms with van der Waals surface area (Å²) in [6, 6.07) is 20.3. The lowest BCUT2D eigenvalue weighted by atomic mass is 9.96. The van der Waals surface area contributed by atoms with E-state index in [0.717, 1.165) is 22.6 Å². The molecule has 0 N–H and O–H groups in total. The van der Waals surface area contributed by atoms with Crippen molar-refractivity contribution in [2.45, 2.75) is 18.7 Å². The zero-order chi connectivity index (χ0) is 20.0. The minimum atomic E-state index is -0.590. The molecule has 0 spiro atoms. The van der Waals surface area contributed by atoms with Crippen molar-refractivity contribution in [1.82, 2.24) is 5.01 Å². The van der Waals surface area contributed by atoms with E-state index >= 15 is 0 Å². The fourth-order valence-corrected chi connectivity index (χ4v) is 3.86. The molecule has 29 heavy (non-hydrogen) atoms. The smallest absolute Gasteiger partial charge is 0.269 e. The fourth-order valence-electron chi connectivity index (χ4n) is 3.86. The molecule has 0 radical (unpaired) electrons. The normalized spacial score (nSPS) is 19.8. The van der Waals surface area contributed by atoms with E-state index in [-0.39, 0.29) is 17.5 Å². The molecule has 2 atom stereocenters. The molecule has 144 valence electrons. The number of halogens is 1. The van der Waals surface area contributed by atoms with Crippen molar-refractivity contribution in [3.63, 3.8) is 0 Å². The van der Waals surface area contributed by atoms with Gasteiger partial charge in [0.2, 0.25) is 6.23 Å². The van der Waals surface area contributed by atoms with Crippen LogP contribution in [0.1, 0.15) is 35.4 Å². The van der Waals surface area contributed by atoms with Gasteiger partial charge in [-0.25, -0.2) is 9.40 Å². The van der Waals surface area contributed by atoms with Crippen molar-refractivity contribution in [2.24, 2.45) is 5.10 Å². The molecule has 0 aromatic heterocycles. The molecule has 0 saturated carbocycles. The topological polar surface area (TPSA) is 68.0 Å². The molecule has 6 nitrogen and oxygen atoms in total. The number of fused-ring (bicyclic) bond motifs is 3. The van der Waals surface area contributed by atoms with Gasteiger partial charge < -0.3 is 4.74 Å². The Morgan fingerprint density at radius 2 is 1.86 bits per heavy atom. The number of hydrazone groups is 1. The maximum atomic E-state index is 13.3. The molecule has 0 unspecified atom stereocenters. The molecule has 3 aromatic rings. The summed E-state index contributed by atoms with van der Waals surface area (Å²) in [5.41, 5.74) is 3.34. The van der Waals surface area contributed by atoms with Gasteiger partial charge in [0.05, 0.1) is 16.7 Å². The predicted molar refractivity (Wildman–Crippen MR) is 105 cm³/mol. The summed E-state index contributed by atoms with van der Waals surface area (Å²) in [6.45, 7) is 0. The highest BCUT2D eigenvalue weighted by atomic mass is 19.1. The lowest BCUT2D eigenvalue weighted by Gasteiger charge is -2.38. The maximum absolute atomic E-state index is 13.3. The standard InChI is InChI=1S/C22H16FN3O3/c23-16-10-8-14(9-11-16)19-13-20-18-6-1-2-7-21(18)29-22(25(20)24-19)15-4-3-5-17(12-15)26(27)28/h1-12,20,22H,13H2/t20-,22-/m1/s1. The number of hydrogen-bond donors (Lipinski definition) is 0. The Hall–Kier alpha value is -3.74. The minimum Gasteiger partial charge on any atom is -0.464 e. The van der Waals surface area contributed by atoms with Gasteiger partial charge in [0.25, 0.3) is 5.69 Å². The van der Waals surface area contributed by atoms with E-state index in [4.69, 9.17) is 9.84 Å². The molecule has 7 heteroatoms. The largest absolute Gasteiger partial charge is 0.464 e. The van der Waals surface area contributed by atoms with Gasteiger partial charge in [0, 0.05) is 29.7 Å². The summed E-state index contributed by atoms with van der Waals surface area (Å²) in [5, 5.41) is 17.8. The van der Waals surface area contributed by atoms with Crippen LogP contribution in [0.5, 0.6) is 5.75 Å². The SMILES string of the molecule is O=[N+]([O-])c1cccc([C@H]2Oc3ccccc3[C@H]3CC(c4ccc(F)cc4)=NN32)c1. The van der Waals surface area contributed by atoms with Crippen LogP contribution in [0.3, 0.4) is 0 Å². The molecule has 0 saturated heterocycles. The van der Waals surface area contributed by atoms with Gasteiger partial charge in [0.15, 0.2) is 0 Å². The van der Waals surface area contributed by atoms with E-state index in [1.807, 2.05) is 29.3 Å². The Labute approximate surface area is 166 Å². The van der Waals surface area contributed by atoms with Crippen LogP contribution in [0.4, 0.5) is 10.1 Å². The highest BCUT2D eigenvalue weighted by molar-refractivity contribution is 6.01. The Morgan fingerprint density at radius 3 is 2.66 bits per heavy atom. The van der Waals surface area contributed by atoms with Crippen molar-refractivity contribution >= 4 is 11.4 Å². The lowest BCUT2D eigenvalue weighted by Crippen LogP contribution is -2.33. The lowest BCUT2D eigenvalue weighted by molar-refractivity contribution is -0.385. The number of ether oxygens (including phenoxy) is 1. The van der Waals surface area contributed by atoms with Gasteiger partial charge in [-0.05, 0) is 23.8 Å². The number of hydrogen-bond acceptors (Lipinski definition) is 5. The zero-order valence-electron chi connectivity index (χ0n) is 15.2. The van der Waals surface area contributed by atoms with Crippen LogP contribution in [0.15, 0.2) is 77.9 Å². The van der Waals surface area contributed by atoms with Crippen LogP contribution in [0.2, 0.25) is 0 Å². The highest BCUT2D eigenvalue weighted by Gasteiger charge is 2.41. The second kappa shape index (κ2) is 6.70. The van der Waals surface area contributed by atoms with Crippen molar-refractivity contribution in [3.05, 3.63) is 105 Å². The van der Waals surface area contributed by atoms with E-state index in [1.165, 1.54) is 24.3 Å². The highest BCUT2D eigenvalue weighted by Crippen LogP contribution is 2.47. The van der Waals surface area contributed by atoms with E-state index in [2.05, 4.69) is 0 Å². The van der Waals surface area contributed by atoms with E-state index in [1.54, 1.807) is 24.3 Å². The fraction of sp³-hybridized carbons (Fsp3) is 0.136. The first kappa shape index (κ1) is 17.4. The van der Waals surface area contributed by atoms with Crippen LogP contribution in [-0.2, 0) is 0 Å². The molecule has 0 aliphatic carbocycles. The van der Waals surface area contributed by atoms with Crippen LogP contribution in [0, 0.1) is 15.9 Å². The van der Waals surface area contributed by atoms with Gasteiger partial charge in [-0.3, -0.25) is 10.1 Å². The van der Waals surface area contributed by atoms with E-state index < -0.39 is 11.2 Å². The number of para-hydroxylation sites is 1. The third kappa shape index (κ3) is 3.00. The third-order valence-electron chi connectivity index (χ3n) is 5.24. The first-order valence-corrected chi connectivity index (χ1v) is 9.22. The van der Waals surface area contributed by atoms with Gasteiger partial charge in [-0.15, -0.1) is 0 Å². The molecular weight excluding hydrogens is 373 g/mol. The predicted octanol–water partition coefficient (Wildman–Crippen LogP) is 4.98. The third-order valence-corrected chi connectivity index (χ3v) is 5.24. The molecular formula is C22H16FN3O3. The van der Waals surface area contributed by atoms with Gasteiger partial charge in [0.1, 0.15) is 11.6 Å². The molecule has 5 rings (SSSR count). The van der Waals surface area contributed by atoms with Crippen LogP contribution in [-0.4, -0.2) is 15.6 Å². The Balaban J connectivity index is 1.59. The van der Waals surface area contributed by atoms with Crippen molar-refractivity contribution < 1.29 is 14.1 Å². The molecule has 2 heterocycles. The first-order chi connectivity index (χ1) is 14.1. The molecule has 2 aliphatic rings. The Bertz CT molecular complexity index is 1130. The second-order valence-corrected chi connectivity index (χ2v) is 7.01. The summed E-state index contributed by atoms with van der Waals surface area (Å²) in [4.78, 5) is 10.8. The number of rotatable bonds is 3. The van der Waals surface area contributed by atoms with Gasteiger partial charge in [-0.2, -0.15) is 5.10 Å². The summed E-state index contributed by atoms with van der Waals surface area (Å²) >= 11 is 0. The number of nitro groups is 1. The summed E-state index contributed by atoms with van der Waals surface area (Å²) < 4.78 is 19.5. The number of nitro benzene ring substituents is 1. The average Bonchev–Trinajstić information content (AvgIpc) is 3.19. The van der Waals surface area contributed by atoms with Gasteiger partial charge >= 0.3 is 0 Å². The van der Waals surface area contributed by atoms with Crippen molar-refractivity contribution in [1.29, 1.82) is 0 Å². The number of nitrogens with zero attached hydrogens (tertiary/aromatic N) is 3. The van der Waals surface area contributed by atoms with Crippen LogP contribution >= 0.6 is 0 Å².